The van der Waals surface area contributed by atoms with Crippen molar-refractivity contribution in [3.8, 4) is 0 Å². The zero-order chi connectivity index (χ0) is 24.9. The van der Waals surface area contributed by atoms with E-state index in [0.29, 0.717) is 54.4 Å². The molecule has 2 saturated heterocycles. The van der Waals surface area contributed by atoms with Gasteiger partial charge in [0.25, 0.3) is 0 Å². The third-order valence-electron chi connectivity index (χ3n) is 6.51. The number of likely N-dealkylation sites (tertiary alicyclic amines) is 1. The van der Waals surface area contributed by atoms with Gasteiger partial charge in [-0.3, -0.25) is 9.59 Å². The van der Waals surface area contributed by atoms with Gasteiger partial charge < -0.3 is 20.0 Å². The van der Waals surface area contributed by atoms with Gasteiger partial charge in [-0.15, -0.1) is 0 Å². The monoisotopic (exact) mass is 534 g/mol. The molecule has 2 aliphatic rings. The number of aliphatic hydroxyl groups is 1. The first kappa shape index (κ1) is 25.9. The fourth-order valence-electron chi connectivity index (χ4n) is 4.36. The Morgan fingerprint density at radius 3 is 2.37 bits per heavy atom. The zero-order valence-electron chi connectivity index (χ0n) is 19.2. The number of aliphatic hydroxyl groups excluding tert-OH is 1. The summed E-state index contributed by atoms with van der Waals surface area (Å²) in [5, 5.41) is 19.7. The molecule has 35 heavy (non-hydrogen) atoms. The van der Waals surface area contributed by atoms with Crippen molar-refractivity contribution in [3.05, 3.63) is 58.1 Å². The van der Waals surface area contributed by atoms with Crippen LogP contribution in [0.5, 0.6) is 0 Å². The molecule has 0 unspecified atom stereocenters. The van der Waals surface area contributed by atoms with Crippen LogP contribution in [0.1, 0.15) is 31.2 Å². The van der Waals surface area contributed by atoms with Gasteiger partial charge >= 0.3 is 5.97 Å². The van der Waals surface area contributed by atoms with Crippen LogP contribution in [-0.2, 0) is 9.59 Å². The fourth-order valence-corrected chi connectivity index (χ4v) is 5.84. The zero-order valence-corrected chi connectivity index (χ0v) is 21.5. The molecular weight excluding hydrogens is 507 g/mol. The number of hydrogen-bond donors (Lipinski definition) is 2. The van der Waals surface area contributed by atoms with Crippen molar-refractivity contribution in [1.29, 1.82) is 0 Å². The molecule has 2 aromatic rings. The maximum Gasteiger partial charge on any atom is 0.306 e. The Balaban J connectivity index is 1.41. The van der Waals surface area contributed by atoms with Gasteiger partial charge in [0.05, 0.1) is 22.1 Å². The summed E-state index contributed by atoms with van der Waals surface area (Å²) in [6.45, 7) is 2.53. The van der Waals surface area contributed by atoms with Gasteiger partial charge in [0.2, 0.25) is 5.91 Å². The number of rotatable bonds is 6. The number of carbonyl (C=O) groups is 2. The van der Waals surface area contributed by atoms with E-state index in [-0.39, 0.29) is 17.9 Å². The molecule has 0 aromatic heterocycles. The quantitative estimate of drug-likeness (QED) is 0.480. The summed E-state index contributed by atoms with van der Waals surface area (Å²) < 4.78 is 0. The summed E-state index contributed by atoms with van der Waals surface area (Å²) in [6, 6.07) is 11.8. The minimum absolute atomic E-state index is 0.105. The minimum Gasteiger partial charge on any atom is -0.481 e. The molecule has 2 heterocycles. The molecule has 9 heteroatoms. The topological polar surface area (TPSA) is 81.1 Å². The first-order valence-electron chi connectivity index (χ1n) is 11.7. The second-order valence-corrected chi connectivity index (χ2v) is 10.7. The van der Waals surface area contributed by atoms with Crippen LogP contribution in [-0.4, -0.2) is 59.3 Å². The molecule has 2 N–H and O–H groups in total. The van der Waals surface area contributed by atoms with Gasteiger partial charge in [0.1, 0.15) is 0 Å². The van der Waals surface area contributed by atoms with Crippen molar-refractivity contribution in [3.63, 3.8) is 0 Å². The average Bonchev–Trinajstić information content (AvgIpc) is 2.87. The molecule has 0 radical (unpaired) electrons. The van der Waals surface area contributed by atoms with Gasteiger partial charge in [-0.1, -0.05) is 47.1 Å². The second-order valence-electron chi connectivity index (χ2n) is 8.87. The Morgan fingerprint density at radius 1 is 0.971 bits per heavy atom. The first-order valence-corrected chi connectivity index (χ1v) is 13.3. The molecule has 4 rings (SSSR count). The van der Waals surface area contributed by atoms with Gasteiger partial charge in [0.15, 0.2) is 0 Å². The normalized spacial score (nSPS) is 17.8. The number of halogens is 2. The van der Waals surface area contributed by atoms with Crippen molar-refractivity contribution >= 4 is 58.6 Å². The number of piperidine rings is 2. The fraction of sp³-hybridized carbons (Fsp3) is 0.385. The summed E-state index contributed by atoms with van der Waals surface area (Å²) in [6.07, 6.45) is 5.33. The minimum atomic E-state index is -0.713. The van der Waals surface area contributed by atoms with E-state index >= 15 is 0 Å². The van der Waals surface area contributed by atoms with E-state index in [0.717, 1.165) is 28.6 Å². The van der Waals surface area contributed by atoms with E-state index in [1.54, 1.807) is 11.0 Å². The number of nitrogens with zero attached hydrogens (tertiary/aromatic N) is 2. The molecule has 2 aliphatic heterocycles. The maximum absolute atomic E-state index is 12.4. The molecule has 1 amide bonds. The molecule has 0 saturated carbocycles. The van der Waals surface area contributed by atoms with E-state index in [2.05, 4.69) is 11.0 Å². The summed E-state index contributed by atoms with van der Waals surface area (Å²) in [7, 11) is 0. The average molecular weight is 535 g/mol. The number of carbonyl (C=O) groups excluding carboxylic acids is 1. The number of amides is 1. The Labute approximate surface area is 219 Å². The van der Waals surface area contributed by atoms with Crippen LogP contribution in [0.25, 0.3) is 6.08 Å². The molecule has 186 valence electrons. The Kier molecular flexibility index (Phi) is 8.65. The number of aliphatic carboxylic acids is 1. The first-order chi connectivity index (χ1) is 16.8. The van der Waals surface area contributed by atoms with E-state index in [9.17, 15) is 19.8 Å². The van der Waals surface area contributed by atoms with Crippen LogP contribution in [0.15, 0.2) is 52.3 Å². The number of anilines is 1. The predicted octanol–water partition coefficient (Wildman–Crippen LogP) is 5.44. The third kappa shape index (κ3) is 6.53. The van der Waals surface area contributed by atoms with Crippen LogP contribution >= 0.6 is 35.0 Å². The second kappa shape index (κ2) is 11.7. The Bertz CT molecular complexity index is 1110. The van der Waals surface area contributed by atoms with Crippen LogP contribution in [0, 0.1) is 5.92 Å². The van der Waals surface area contributed by atoms with Crippen LogP contribution < -0.4 is 4.90 Å². The Hall–Kier alpha value is -2.19. The SMILES string of the molecule is O=C(O)C1CCN(c2cccc(Sc3ccc(C=CC(=O)N4CCC(O)CC4)c(Cl)c3Cl)c2)CC1. The lowest BCUT2D eigenvalue weighted by Gasteiger charge is -2.32. The van der Waals surface area contributed by atoms with Gasteiger partial charge in [0, 0.05) is 47.7 Å². The third-order valence-corrected chi connectivity index (χ3v) is 8.57. The van der Waals surface area contributed by atoms with E-state index < -0.39 is 5.97 Å². The molecule has 2 aromatic carbocycles. The summed E-state index contributed by atoms with van der Waals surface area (Å²) in [4.78, 5) is 29.4. The molecule has 0 bridgehead atoms. The molecule has 0 atom stereocenters. The van der Waals surface area contributed by atoms with Crippen LogP contribution in [0.4, 0.5) is 5.69 Å². The molecule has 0 aliphatic carbocycles. The van der Waals surface area contributed by atoms with Crippen molar-refractivity contribution in [2.75, 3.05) is 31.1 Å². The van der Waals surface area contributed by atoms with Crippen molar-refractivity contribution in [2.24, 2.45) is 5.92 Å². The van der Waals surface area contributed by atoms with Crippen molar-refractivity contribution < 1.29 is 19.8 Å². The van der Waals surface area contributed by atoms with E-state index in [1.807, 2.05) is 30.3 Å². The molecule has 2 fully saturated rings. The Morgan fingerprint density at radius 2 is 1.69 bits per heavy atom. The maximum atomic E-state index is 12.4. The molecular formula is C26H28Cl2N2O4S. The molecule has 6 nitrogen and oxygen atoms in total. The van der Waals surface area contributed by atoms with Crippen molar-refractivity contribution in [2.45, 2.75) is 41.6 Å². The van der Waals surface area contributed by atoms with E-state index in [1.165, 1.54) is 17.8 Å². The van der Waals surface area contributed by atoms with E-state index in [4.69, 9.17) is 23.2 Å². The smallest absolute Gasteiger partial charge is 0.306 e. The van der Waals surface area contributed by atoms with Gasteiger partial charge in [-0.2, -0.15) is 0 Å². The predicted molar refractivity (Wildman–Crippen MR) is 140 cm³/mol. The standard InChI is InChI=1S/C26H28Cl2N2O4S/c27-24-17(5-7-23(32)30-14-10-20(31)11-15-30)4-6-22(25(24)28)35-21-3-1-2-19(16-21)29-12-8-18(9-13-29)26(33)34/h1-7,16,18,20,31H,8-15H2,(H,33,34). The van der Waals surface area contributed by atoms with Gasteiger partial charge in [-0.25, -0.2) is 0 Å². The van der Waals surface area contributed by atoms with Crippen LogP contribution in [0.2, 0.25) is 10.0 Å². The van der Waals surface area contributed by atoms with Crippen LogP contribution in [0.3, 0.4) is 0 Å². The van der Waals surface area contributed by atoms with Gasteiger partial charge in [-0.05, 0) is 61.6 Å². The lowest BCUT2D eigenvalue weighted by Crippen LogP contribution is -2.39. The highest BCUT2D eigenvalue weighted by Crippen LogP contribution is 2.40. The number of carboxylic acids is 1. The largest absolute Gasteiger partial charge is 0.481 e. The number of hydrogen-bond acceptors (Lipinski definition) is 5. The summed E-state index contributed by atoms with van der Waals surface area (Å²) >= 11 is 14.6. The highest BCUT2D eigenvalue weighted by molar-refractivity contribution is 7.99. The lowest BCUT2D eigenvalue weighted by molar-refractivity contribution is -0.142. The highest BCUT2D eigenvalue weighted by atomic mass is 35.5. The summed E-state index contributed by atoms with van der Waals surface area (Å²) in [5.41, 5.74) is 1.73. The van der Waals surface area contributed by atoms with Crippen molar-refractivity contribution in [1.82, 2.24) is 4.90 Å². The number of benzene rings is 2. The highest BCUT2D eigenvalue weighted by Gasteiger charge is 2.25. The molecule has 0 spiro atoms. The summed E-state index contributed by atoms with van der Waals surface area (Å²) in [5.74, 6) is -1.08. The number of carboxylic acid groups (broad SMARTS) is 1. The lowest BCUT2D eigenvalue weighted by atomic mass is 9.97.